The standard InChI is InChI=1S/C12H20N.2C12H28N.C9H21N.C9H20N.C7H8.C5H12N.C3H6.CH4/c1-4-10-13(2,3)11-12-8-6-5-7-9-12;2*1-5-9-13(10-6-2,11-7-3)12-8-4;2*1-4-7-10(8-5-2)9-6-3;1-7-5-3-2-4-6-7;1-4-5-6(2)3;1-3-2;/h5-9H,4,10-11H2,1-3H3;2*5-12H2,1-4H3;4-9H2,1-3H3;7H,4-6,8-9H2,1-3H3;2-6H,1H3;2,4-5H2,1,3H3;3H,1H2,2H3;1H4/q3*+1;;+1;;+1;;. The largest absolute Gasteiger partial charge is 0.325 e. The highest BCUT2D eigenvalue weighted by Crippen LogP contribution is 2.14. The van der Waals surface area contributed by atoms with Gasteiger partial charge in [-0.3, -0.25) is 0 Å². The maximum absolute atomic E-state index is 3.66. The van der Waals surface area contributed by atoms with Crippen LogP contribution < -0.4 is 0 Å². The Labute approximate surface area is 483 Å². The van der Waals surface area contributed by atoms with Gasteiger partial charge in [0.25, 0.3) is 0 Å². The molecule has 0 saturated heterocycles. The van der Waals surface area contributed by atoms with E-state index < -0.39 is 0 Å². The highest BCUT2D eigenvalue weighted by Gasteiger charge is 2.24. The van der Waals surface area contributed by atoms with E-state index in [0.29, 0.717) is 0 Å². The fraction of sp³-hybridized carbons (Fsp3) is 0.771. The van der Waals surface area contributed by atoms with E-state index in [9.17, 15) is 0 Å². The van der Waals surface area contributed by atoms with Gasteiger partial charge in [0.2, 0.25) is 0 Å². The van der Waals surface area contributed by atoms with Crippen LogP contribution in [0, 0.1) is 6.92 Å². The molecule has 0 radical (unpaired) electrons. The molecule has 0 bridgehead atoms. The first-order valence-corrected chi connectivity index (χ1v) is 31.9. The zero-order chi connectivity index (χ0) is 58.5. The summed E-state index contributed by atoms with van der Waals surface area (Å²) in [5.41, 5.74) is 2.75. The number of benzene rings is 2. The molecule has 0 saturated carbocycles. The van der Waals surface area contributed by atoms with Gasteiger partial charge in [-0.25, -0.2) is 9.15 Å². The molecule has 0 N–H and O–H groups in total. The van der Waals surface area contributed by atoms with E-state index in [1.165, 1.54) is 214 Å². The Morgan fingerprint density at radius 2 is 0.737 bits per heavy atom. The SMILES string of the molecule is C.C=CC.C=[N+](C)CCC.CCC=[N+](CCC)CCC.CCCN(CCC)CCC.CCC[N+](C)(C)Cc1ccccc1.CCC[N+](CCC)(CCC)CCC.CCC[N+](CCC)(CCC)CCC.Cc1ccccc1. The number of aryl methyl sites for hydroxylation is 1. The second-order valence-electron chi connectivity index (χ2n) is 21.9. The van der Waals surface area contributed by atoms with E-state index in [4.69, 9.17) is 0 Å². The van der Waals surface area contributed by atoms with Gasteiger partial charge in [0.1, 0.15) is 46.2 Å². The van der Waals surface area contributed by atoms with Gasteiger partial charge in [0.15, 0.2) is 0 Å². The first-order valence-electron chi connectivity index (χ1n) is 31.9. The first kappa shape index (κ1) is 87.2. The molecule has 0 atom stereocenters. The Balaban J connectivity index is -0.000000146. The van der Waals surface area contributed by atoms with Crippen molar-refractivity contribution in [2.75, 3.05) is 119 Å². The number of hydrogen-bond acceptors (Lipinski definition) is 1. The molecular formula is C70H147N6+5. The summed E-state index contributed by atoms with van der Waals surface area (Å²) in [6.07, 6.45) is 24.7. The van der Waals surface area contributed by atoms with Crippen LogP contribution in [0.3, 0.4) is 0 Å². The fourth-order valence-corrected chi connectivity index (χ4v) is 10.2. The Morgan fingerprint density at radius 1 is 0.447 bits per heavy atom. The first-order chi connectivity index (χ1) is 35.9. The predicted molar refractivity (Wildman–Crippen MR) is 356 cm³/mol. The molecule has 0 heterocycles. The molecule has 0 unspecified atom stereocenters. The minimum Gasteiger partial charge on any atom is -0.325 e. The Morgan fingerprint density at radius 3 is 0.934 bits per heavy atom. The molecule has 0 aliphatic heterocycles. The smallest absolute Gasteiger partial charge is 0.142 e. The average Bonchev–Trinajstić information content (AvgIpc) is 3.35. The number of allylic oxidation sites excluding steroid dienone is 1. The van der Waals surface area contributed by atoms with Crippen LogP contribution in [0.15, 0.2) is 73.3 Å². The molecule has 0 spiro atoms. The molecule has 2 aromatic rings. The third-order valence-electron chi connectivity index (χ3n) is 12.5. The summed E-state index contributed by atoms with van der Waals surface area (Å²) >= 11 is 0. The van der Waals surface area contributed by atoms with Crippen LogP contribution in [0.2, 0.25) is 0 Å². The van der Waals surface area contributed by atoms with Crippen LogP contribution in [0.1, 0.15) is 239 Å². The maximum Gasteiger partial charge on any atom is 0.142 e. The van der Waals surface area contributed by atoms with Crippen molar-refractivity contribution in [1.29, 1.82) is 0 Å². The molecule has 452 valence electrons. The van der Waals surface area contributed by atoms with E-state index >= 15 is 0 Å². The van der Waals surface area contributed by atoms with Crippen molar-refractivity contribution in [2.24, 2.45) is 0 Å². The molecular weight excluding hydrogens is 925 g/mol. The van der Waals surface area contributed by atoms with Gasteiger partial charge in [0.05, 0.1) is 73.0 Å². The van der Waals surface area contributed by atoms with Gasteiger partial charge in [-0.1, -0.05) is 191 Å². The highest BCUT2D eigenvalue weighted by atomic mass is 15.4. The maximum atomic E-state index is 3.66. The second kappa shape index (κ2) is 66.6. The Hall–Kier alpha value is -2.64. The molecule has 6 nitrogen and oxygen atoms in total. The average molecular weight is 1070 g/mol. The summed E-state index contributed by atoms with van der Waals surface area (Å²) in [6, 6.07) is 21.0. The van der Waals surface area contributed by atoms with Gasteiger partial charge in [-0.2, -0.15) is 0 Å². The van der Waals surface area contributed by atoms with E-state index in [0.717, 1.165) is 17.6 Å². The molecule has 76 heavy (non-hydrogen) atoms. The lowest BCUT2D eigenvalue weighted by Crippen LogP contribution is -2.50. The quantitative estimate of drug-likeness (QED) is 0.0300. The number of nitrogens with zero attached hydrogens (tertiary/aromatic N) is 6. The molecule has 2 aromatic carbocycles. The van der Waals surface area contributed by atoms with Crippen LogP contribution >= 0.6 is 0 Å². The highest BCUT2D eigenvalue weighted by molar-refractivity contribution is 5.50. The summed E-state index contributed by atoms with van der Waals surface area (Å²) in [5.74, 6) is 0. The van der Waals surface area contributed by atoms with Crippen molar-refractivity contribution >= 4 is 12.9 Å². The number of hydrogen-bond donors (Lipinski definition) is 0. The Kier molecular flexibility index (Phi) is 76.5. The van der Waals surface area contributed by atoms with Gasteiger partial charge in [-0.05, 0) is 111 Å². The van der Waals surface area contributed by atoms with Gasteiger partial charge < -0.3 is 18.3 Å². The van der Waals surface area contributed by atoms with Crippen molar-refractivity contribution in [3.63, 3.8) is 0 Å². The summed E-state index contributed by atoms with van der Waals surface area (Å²) in [6.45, 7) is 68.1. The van der Waals surface area contributed by atoms with Gasteiger partial charge >= 0.3 is 0 Å². The topological polar surface area (TPSA) is 9.26 Å². The van der Waals surface area contributed by atoms with E-state index in [-0.39, 0.29) is 7.43 Å². The summed E-state index contributed by atoms with van der Waals surface area (Å²) in [7, 11) is 6.55. The van der Waals surface area contributed by atoms with Gasteiger partial charge in [-0.15, -0.1) is 6.58 Å². The molecule has 2 rings (SSSR count). The fourth-order valence-electron chi connectivity index (χ4n) is 10.2. The molecule has 0 aliphatic carbocycles. The molecule has 0 aliphatic rings. The van der Waals surface area contributed by atoms with Crippen LogP contribution in [-0.2, 0) is 6.54 Å². The van der Waals surface area contributed by atoms with E-state index in [1.54, 1.807) is 6.08 Å². The van der Waals surface area contributed by atoms with Crippen LogP contribution in [0.25, 0.3) is 0 Å². The summed E-state index contributed by atoms with van der Waals surface area (Å²) < 4.78 is 8.18. The Bertz CT molecular complexity index is 1290. The minimum absolute atomic E-state index is 0. The number of rotatable bonds is 33. The van der Waals surface area contributed by atoms with Crippen LogP contribution in [-0.4, -0.2) is 160 Å². The monoisotopic (exact) mass is 1070 g/mol. The number of quaternary nitrogens is 3. The van der Waals surface area contributed by atoms with Crippen molar-refractivity contribution < 1.29 is 22.6 Å². The molecule has 0 fully saturated rings. The molecule has 6 heteroatoms. The zero-order valence-electron chi connectivity index (χ0n) is 55.7. The lowest BCUT2D eigenvalue weighted by molar-refractivity contribution is -0.928. The normalized spacial score (nSPS) is 10.4. The minimum atomic E-state index is 0. The third-order valence-corrected chi connectivity index (χ3v) is 12.5. The van der Waals surface area contributed by atoms with E-state index in [1.807, 2.05) is 36.7 Å². The molecule has 0 aromatic heterocycles. The lowest BCUT2D eigenvalue weighted by Gasteiger charge is -2.38. The van der Waals surface area contributed by atoms with Crippen molar-refractivity contribution in [3.05, 3.63) is 84.4 Å². The zero-order valence-corrected chi connectivity index (χ0v) is 55.7. The predicted octanol–water partition coefficient (Wildman–Crippen LogP) is 18.9. The molecule has 0 amide bonds. The van der Waals surface area contributed by atoms with Crippen LogP contribution in [0.4, 0.5) is 0 Å². The second-order valence-corrected chi connectivity index (χ2v) is 21.9. The van der Waals surface area contributed by atoms with E-state index in [2.05, 4.69) is 203 Å². The van der Waals surface area contributed by atoms with Gasteiger partial charge in [0, 0.05) is 31.2 Å². The lowest BCUT2D eigenvalue weighted by atomic mass is 10.2. The summed E-state index contributed by atoms with van der Waals surface area (Å²) in [5, 5.41) is 0. The van der Waals surface area contributed by atoms with Crippen molar-refractivity contribution in [3.8, 4) is 0 Å². The van der Waals surface area contributed by atoms with Crippen LogP contribution in [0.5, 0.6) is 0 Å². The van der Waals surface area contributed by atoms with Crippen molar-refractivity contribution in [2.45, 2.75) is 241 Å². The third kappa shape index (κ3) is 62.2. The summed E-state index contributed by atoms with van der Waals surface area (Å²) in [4.78, 5) is 2.54. The van der Waals surface area contributed by atoms with Crippen molar-refractivity contribution in [1.82, 2.24) is 4.90 Å².